The van der Waals surface area contributed by atoms with Crippen molar-refractivity contribution in [2.45, 2.75) is 6.54 Å². The molecule has 1 heterocycles. The van der Waals surface area contributed by atoms with Crippen LogP contribution in [0.1, 0.15) is 5.56 Å². The molecule has 0 unspecified atom stereocenters. The number of nitrogens with one attached hydrogen (secondary N) is 1. The molecule has 0 saturated carbocycles. The summed E-state index contributed by atoms with van der Waals surface area (Å²) in [4.78, 5) is 0. The van der Waals surface area contributed by atoms with Gasteiger partial charge in [0.05, 0.1) is 10.2 Å². The third-order valence-electron chi connectivity index (χ3n) is 3.07. The lowest BCUT2D eigenvalue weighted by molar-refractivity contribution is 0.170. The van der Waals surface area contributed by atoms with Crippen LogP contribution in [-0.4, -0.2) is 13.2 Å². The molecule has 0 bridgehead atoms. The minimum absolute atomic E-state index is 0.291. The molecule has 6 heteroatoms. The largest absolute Gasteiger partial charge is 0.486 e. The van der Waals surface area contributed by atoms with Gasteiger partial charge in [-0.05, 0) is 51.8 Å². The fourth-order valence-electron chi connectivity index (χ4n) is 2.10. The van der Waals surface area contributed by atoms with Gasteiger partial charge in [0.1, 0.15) is 19.0 Å². The average Bonchev–Trinajstić information content (AvgIpc) is 2.46. The number of halogens is 3. The van der Waals surface area contributed by atoms with E-state index in [1.165, 1.54) is 6.07 Å². The molecule has 3 rings (SSSR count). The third kappa shape index (κ3) is 3.32. The predicted molar refractivity (Wildman–Crippen MR) is 86.6 cm³/mol. The Bertz CT molecular complexity index is 679. The number of hydrogen-bond acceptors (Lipinski definition) is 3. The van der Waals surface area contributed by atoms with E-state index in [1.54, 1.807) is 12.1 Å². The van der Waals surface area contributed by atoms with Crippen LogP contribution in [0.5, 0.6) is 11.5 Å². The normalized spacial score (nSPS) is 13.1. The molecule has 0 fully saturated rings. The Morgan fingerprint density at radius 3 is 2.71 bits per heavy atom. The summed E-state index contributed by atoms with van der Waals surface area (Å²) in [6, 6.07) is 8.78. The van der Waals surface area contributed by atoms with Crippen molar-refractivity contribution in [1.29, 1.82) is 0 Å². The van der Waals surface area contributed by atoms with Crippen LogP contribution in [0.3, 0.4) is 0 Å². The van der Waals surface area contributed by atoms with E-state index in [0.717, 1.165) is 15.8 Å². The van der Waals surface area contributed by atoms with E-state index < -0.39 is 0 Å². The second kappa shape index (κ2) is 6.23. The fraction of sp³-hybridized carbons (Fsp3) is 0.200. The van der Waals surface area contributed by atoms with Crippen molar-refractivity contribution in [2.24, 2.45) is 0 Å². The molecule has 0 radical (unpaired) electrons. The first-order valence-electron chi connectivity index (χ1n) is 6.40. The molecule has 2 aromatic carbocycles. The van der Waals surface area contributed by atoms with E-state index >= 15 is 0 Å². The van der Waals surface area contributed by atoms with Crippen molar-refractivity contribution in [3.63, 3.8) is 0 Å². The fourth-order valence-corrected chi connectivity index (χ4v) is 3.03. The smallest absolute Gasteiger partial charge is 0.175 e. The Morgan fingerprint density at radius 2 is 1.90 bits per heavy atom. The summed E-state index contributed by atoms with van der Waals surface area (Å²) >= 11 is 6.71. The van der Waals surface area contributed by atoms with Gasteiger partial charge in [-0.3, -0.25) is 0 Å². The molecule has 0 spiro atoms. The maximum absolute atomic E-state index is 13.8. The molecule has 0 aromatic heterocycles. The van der Waals surface area contributed by atoms with Crippen molar-refractivity contribution in [3.8, 4) is 11.5 Å². The van der Waals surface area contributed by atoms with Gasteiger partial charge in [-0.25, -0.2) is 4.39 Å². The molecule has 3 nitrogen and oxygen atoms in total. The van der Waals surface area contributed by atoms with Gasteiger partial charge < -0.3 is 14.8 Å². The molecule has 0 saturated heterocycles. The van der Waals surface area contributed by atoms with Crippen LogP contribution < -0.4 is 14.8 Å². The summed E-state index contributed by atoms with van der Waals surface area (Å²) in [6.45, 7) is 1.58. The molecule has 0 amide bonds. The first-order chi connectivity index (χ1) is 10.1. The Kier molecular flexibility index (Phi) is 4.35. The van der Waals surface area contributed by atoms with Gasteiger partial charge in [0.25, 0.3) is 0 Å². The Labute approximate surface area is 138 Å². The van der Waals surface area contributed by atoms with Crippen LogP contribution >= 0.6 is 31.9 Å². The molecule has 1 N–H and O–H groups in total. The lowest BCUT2D eigenvalue weighted by atomic mass is 10.2. The zero-order chi connectivity index (χ0) is 14.8. The molecule has 1 aliphatic heterocycles. The molecular formula is C15H12Br2FNO2. The summed E-state index contributed by atoms with van der Waals surface area (Å²) < 4.78 is 26.4. The van der Waals surface area contributed by atoms with Crippen LogP contribution in [0.4, 0.5) is 10.1 Å². The van der Waals surface area contributed by atoms with E-state index in [1.807, 2.05) is 12.1 Å². The number of rotatable bonds is 3. The molecule has 0 aliphatic carbocycles. The summed E-state index contributed by atoms with van der Waals surface area (Å²) in [6.07, 6.45) is 0. The summed E-state index contributed by atoms with van der Waals surface area (Å²) in [5, 5.41) is 3.08. The molecule has 21 heavy (non-hydrogen) atoms. The minimum atomic E-state index is -0.291. The molecule has 0 atom stereocenters. The number of benzene rings is 2. The number of hydrogen-bond donors (Lipinski definition) is 1. The van der Waals surface area contributed by atoms with Gasteiger partial charge in [-0.1, -0.05) is 15.9 Å². The van der Waals surface area contributed by atoms with Gasteiger partial charge in [0.15, 0.2) is 11.5 Å². The molecule has 110 valence electrons. The highest BCUT2D eigenvalue weighted by molar-refractivity contribution is 9.10. The molecular weight excluding hydrogens is 405 g/mol. The van der Waals surface area contributed by atoms with E-state index in [-0.39, 0.29) is 5.82 Å². The Morgan fingerprint density at radius 1 is 1.10 bits per heavy atom. The van der Waals surface area contributed by atoms with Crippen LogP contribution in [0.25, 0.3) is 0 Å². The van der Waals surface area contributed by atoms with E-state index in [4.69, 9.17) is 9.47 Å². The van der Waals surface area contributed by atoms with Gasteiger partial charge >= 0.3 is 0 Å². The Balaban J connectivity index is 1.77. The standard InChI is InChI=1S/C15H12Br2FNO2/c16-10-1-2-13(12(18)7-10)19-8-9-5-11(17)15-14(6-9)20-3-4-21-15/h1-2,5-7,19H,3-4,8H2. The van der Waals surface area contributed by atoms with Crippen molar-refractivity contribution in [1.82, 2.24) is 0 Å². The monoisotopic (exact) mass is 415 g/mol. The highest BCUT2D eigenvalue weighted by Crippen LogP contribution is 2.38. The van der Waals surface area contributed by atoms with Crippen LogP contribution in [0.2, 0.25) is 0 Å². The first kappa shape index (κ1) is 14.7. The first-order valence-corrected chi connectivity index (χ1v) is 7.99. The van der Waals surface area contributed by atoms with E-state index in [0.29, 0.717) is 35.7 Å². The van der Waals surface area contributed by atoms with Crippen LogP contribution in [0.15, 0.2) is 39.3 Å². The Hall–Kier alpha value is -1.27. The van der Waals surface area contributed by atoms with E-state index in [2.05, 4.69) is 37.2 Å². The summed E-state index contributed by atoms with van der Waals surface area (Å²) in [7, 11) is 0. The van der Waals surface area contributed by atoms with Crippen molar-refractivity contribution < 1.29 is 13.9 Å². The highest BCUT2D eigenvalue weighted by Gasteiger charge is 2.16. The molecule has 2 aromatic rings. The van der Waals surface area contributed by atoms with Gasteiger partial charge in [0, 0.05) is 11.0 Å². The lowest BCUT2D eigenvalue weighted by Gasteiger charge is -2.20. The zero-order valence-electron chi connectivity index (χ0n) is 11.0. The third-order valence-corrected chi connectivity index (χ3v) is 4.15. The lowest BCUT2D eigenvalue weighted by Crippen LogP contribution is -2.16. The average molecular weight is 417 g/mol. The summed E-state index contributed by atoms with van der Waals surface area (Å²) in [5.74, 6) is 1.14. The number of anilines is 1. The van der Waals surface area contributed by atoms with E-state index in [9.17, 15) is 4.39 Å². The second-order valence-corrected chi connectivity index (χ2v) is 6.35. The maximum atomic E-state index is 13.8. The van der Waals surface area contributed by atoms with Gasteiger partial charge in [-0.15, -0.1) is 0 Å². The van der Waals surface area contributed by atoms with Gasteiger partial charge in [0.2, 0.25) is 0 Å². The zero-order valence-corrected chi connectivity index (χ0v) is 14.1. The minimum Gasteiger partial charge on any atom is -0.486 e. The van der Waals surface area contributed by atoms with Crippen molar-refractivity contribution >= 4 is 37.5 Å². The van der Waals surface area contributed by atoms with Gasteiger partial charge in [-0.2, -0.15) is 0 Å². The predicted octanol–water partition coefficient (Wildman–Crippen LogP) is 4.73. The summed E-state index contributed by atoms with van der Waals surface area (Å²) in [5.41, 5.74) is 1.44. The van der Waals surface area contributed by atoms with Crippen LogP contribution in [0, 0.1) is 5.82 Å². The maximum Gasteiger partial charge on any atom is 0.175 e. The topological polar surface area (TPSA) is 30.5 Å². The quantitative estimate of drug-likeness (QED) is 0.784. The number of ether oxygens (including phenoxy) is 2. The second-order valence-electron chi connectivity index (χ2n) is 4.58. The van der Waals surface area contributed by atoms with Crippen molar-refractivity contribution in [3.05, 3.63) is 50.7 Å². The van der Waals surface area contributed by atoms with Crippen molar-refractivity contribution in [2.75, 3.05) is 18.5 Å². The SMILES string of the molecule is Fc1cc(Br)ccc1NCc1cc(Br)c2c(c1)OCCO2. The number of fused-ring (bicyclic) bond motifs is 1. The molecule has 1 aliphatic rings. The van der Waals surface area contributed by atoms with Crippen LogP contribution in [-0.2, 0) is 6.54 Å². The highest BCUT2D eigenvalue weighted by atomic mass is 79.9.